The lowest BCUT2D eigenvalue weighted by Gasteiger charge is -2.15. The van der Waals surface area contributed by atoms with Gasteiger partial charge in [-0.25, -0.2) is 4.98 Å². The van der Waals surface area contributed by atoms with E-state index in [1.807, 2.05) is 73.7 Å². The van der Waals surface area contributed by atoms with E-state index in [1.54, 1.807) is 10.6 Å². The van der Waals surface area contributed by atoms with Crippen LogP contribution >= 0.6 is 11.8 Å². The van der Waals surface area contributed by atoms with Gasteiger partial charge in [0.2, 0.25) is 5.91 Å². The fourth-order valence-corrected chi connectivity index (χ4v) is 4.54. The number of fused-ring (bicyclic) bond motifs is 1. The average Bonchev–Trinajstić information content (AvgIpc) is 2.84. The summed E-state index contributed by atoms with van der Waals surface area (Å²) in [5.74, 6) is 0.981. The van der Waals surface area contributed by atoms with Crippen LogP contribution in [0.15, 0.2) is 82.7 Å². The second kappa shape index (κ2) is 10.6. The number of carbonyl (C=O) groups excluding carboxylic acids is 1. The first-order valence-corrected chi connectivity index (χ1v) is 12.2. The molecule has 0 aliphatic rings. The summed E-state index contributed by atoms with van der Waals surface area (Å²) < 4.78 is 7.08. The van der Waals surface area contributed by atoms with Crippen LogP contribution in [-0.4, -0.2) is 27.8 Å². The summed E-state index contributed by atoms with van der Waals surface area (Å²) in [6, 6.07) is 22.3. The van der Waals surface area contributed by atoms with Crippen LogP contribution in [0.1, 0.15) is 32.3 Å². The molecular weight excluding hydrogens is 446 g/mol. The quantitative estimate of drug-likeness (QED) is 0.265. The van der Waals surface area contributed by atoms with Crippen molar-refractivity contribution in [3.05, 3.63) is 88.7 Å². The van der Waals surface area contributed by atoms with Gasteiger partial charge in [-0.05, 0) is 60.9 Å². The number of nitrogens with one attached hydrogen (secondary N) is 1. The smallest absolute Gasteiger partial charge is 0.266 e. The predicted molar refractivity (Wildman–Crippen MR) is 138 cm³/mol. The van der Waals surface area contributed by atoms with Gasteiger partial charge in [0.25, 0.3) is 5.56 Å². The van der Waals surface area contributed by atoms with Crippen molar-refractivity contribution in [2.45, 2.75) is 31.8 Å². The number of anilines is 1. The summed E-state index contributed by atoms with van der Waals surface area (Å²) in [5, 5.41) is 3.99. The van der Waals surface area contributed by atoms with Gasteiger partial charge >= 0.3 is 0 Å². The Morgan fingerprint density at radius 2 is 1.74 bits per heavy atom. The van der Waals surface area contributed by atoms with E-state index < -0.39 is 0 Å². The Morgan fingerprint density at radius 1 is 1.03 bits per heavy atom. The molecule has 3 aromatic carbocycles. The van der Waals surface area contributed by atoms with Gasteiger partial charge < -0.3 is 10.1 Å². The molecule has 1 N–H and O–H groups in total. The summed E-state index contributed by atoms with van der Waals surface area (Å²) in [6.45, 7) is 6.67. The number of para-hydroxylation sites is 2. The Balaban J connectivity index is 1.64. The van der Waals surface area contributed by atoms with Crippen molar-refractivity contribution in [1.82, 2.24) is 9.55 Å². The van der Waals surface area contributed by atoms with Crippen LogP contribution in [0.4, 0.5) is 5.69 Å². The molecule has 4 rings (SSSR count). The molecule has 0 radical (unpaired) electrons. The molecule has 1 heterocycles. The molecule has 0 aliphatic carbocycles. The molecule has 0 saturated carbocycles. The van der Waals surface area contributed by atoms with Crippen LogP contribution < -0.4 is 15.6 Å². The SMILES string of the molecule is CCOc1ccc(-n2c(SCC(=O)Nc3ccccc3C(C)C)nc3ccccc3c2=O)cc1. The molecule has 4 aromatic rings. The molecule has 34 heavy (non-hydrogen) atoms. The third kappa shape index (κ3) is 5.15. The van der Waals surface area contributed by atoms with Crippen molar-refractivity contribution in [2.24, 2.45) is 0 Å². The number of rotatable bonds is 8. The van der Waals surface area contributed by atoms with Crippen LogP contribution in [0, 0.1) is 0 Å². The van der Waals surface area contributed by atoms with Crippen LogP contribution in [0.25, 0.3) is 16.6 Å². The highest BCUT2D eigenvalue weighted by Crippen LogP contribution is 2.26. The Labute approximate surface area is 203 Å². The molecule has 0 atom stereocenters. The van der Waals surface area contributed by atoms with Crippen LogP contribution in [0.3, 0.4) is 0 Å². The second-order valence-electron chi connectivity index (χ2n) is 8.06. The lowest BCUT2D eigenvalue weighted by Crippen LogP contribution is -2.23. The highest BCUT2D eigenvalue weighted by Gasteiger charge is 2.16. The third-order valence-corrected chi connectivity index (χ3v) is 6.28. The molecule has 0 saturated heterocycles. The number of hydrogen-bond acceptors (Lipinski definition) is 5. The molecule has 1 aromatic heterocycles. The second-order valence-corrected chi connectivity index (χ2v) is 9.00. The van der Waals surface area contributed by atoms with E-state index in [1.165, 1.54) is 11.8 Å². The van der Waals surface area contributed by atoms with E-state index in [9.17, 15) is 9.59 Å². The Morgan fingerprint density at radius 3 is 2.47 bits per heavy atom. The number of thioether (sulfide) groups is 1. The molecule has 1 amide bonds. The van der Waals surface area contributed by atoms with Gasteiger partial charge in [-0.3, -0.25) is 14.2 Å². The highest BCUT2D eigenvalue weighted by atomic mass is 32.2. The first-order valence-electron chi connectivity index (χ1n) is 11.2. The number of hydrogen-bond donors (Lipinski definition) is 1. The topological polar surface area (TPSA) is 73.2 Å². The monoisotopic (exact) mass is 473 g/mol. The lowest BCUT2D eigenvalue weighted by atomic mass is 10.0. The molecule has 0 spiro atoms. The minimum Gasteiger partial charge on any atom is -0.494 e. The van der Waals surface area contributed by atoms with Crippen molar-refractivity contribution in [3.63, 3.8) is 0 Å². The van der Waals surface area contributed by atoms with Gasteiger partial charge in [0.1, 0.15) is 5.75 Å². The van der Waals surface area contributed by atoms with Crippen LogP contribution in [0.2, 0.25) is 0 Å². The van der Waals surface area contributed by atoms with Gasteiger partial charge in [-0.15, -0.1) is 0 Å². The zero-order chi connectivity index (χ0) is 24.1. The van der Waals surface area contributed by atoms with Gasteiger partial charge in [-0.1, -0.05) is 55.9 Å². The van der Waals surface area contributed by atoms with E-state index in [-0.39, 0.29) is 23.1 Å². The largest absolute Gasteiger partial charge is 0.494 e. The lowest BCUT2D eigenvalue weighted by molar-refractivity contribution is -0.113. The Hall–Kier alpha value is -3.58. The molecule has 7 heteroatoms. The van der Waals surface area contributed by atoms with E-state index in [4.69, 9.17) is 9.72 Å². The van der Waals surface area contributed by atoms with Crippen molar-refractivity contribution in [1.29, 1.82) is 0 Å². The fraction of sp³-hybridized carbons (Fsp3) is 0.222. The Bertz CT molecular complexity index is 1360. The first-order chi connectivity index (χ1) is 16.5. The van der Waals surface area contributed by atoms with E-state index in [0.29, 0.717) is 28.4 Å². The molecular formula is C27H27N3O3S. The fourth-order valence-electron chi connectivity index (χ4n) is 3.73. The van der Waals surface area contributed by atoms with Gasteiger partial charge in [0.15, 0.2) is 5.16 Å². The van der Waals surface area contributed by atoms with Crippen molar-refractivity contribution >= 4 is 34.3 Å². The minimum atomic E-state index is -0.178. The number of benzene rings is 3. The molecule has 0 aliphatic heterocycles. The van der Waals surface area contributed by atoms with Crippen molar-refractivity contribution in [3.8, 4) is 11.4 Å². The molecule has 0 unspecified atom stereocenters. The summed E-state index contributed by atoms with van der Waals surface area (Å²) in [4.78, 5) is 30.9. The summed E-state index contributed by atoms with van der Waals surface area (Å²) >= 11 is 1.24. The van der Waals surface area contributed by atoms with Crippen LogP contribution in [0.5, 0.6) is 5.75 Å². The number of aromatic nitrogens is 2. The van der Waals surface area contributed by atoms with Crippen molar-refractivity contribution < 1.29 is 9.53 Å². The maximum Gasteiger partial charge on any atom is 0.266 e. The minimum absolute atomic E-state index is 0.119. The van der Waals surface area contributed by atoms with E-state index in [0.717, 1.165) is 17.0 Å². The summed E-state index contributed by atoms with van der Waals surface area (Å²) in [6.07, 6.45) is 0. The van der Waals surface area contributed by atoms with Gasteiger partial charge in [-0.2, -0.15) is 0 Å². The standard InChI is InChI=1S/C27H27N3O3S/c1-4-33-20-15-13-19(14-16-20)30-26(32)22-10-6-8-12-24(22)29-27(30)34-17-25(31)28-23-11-7-5-9-21(23)18(2)3/h5-16,18H,4,17H2,1-3H3,(H,28,31). The van der Waals surface area contributed by atoms with Crippen LogP contribution in [-0.2, 0) is 4.79 Å². The first kappa shape index (κ1) is 23.6. The molecule has 0 bridgehead atoms. The van der Waals surface area contributed by atoms with Gasteiger partial charge in [0.05, 0.1) is 29.0 Å². The average molecular weight is 474 g/mol. The Kier molecular flexibility index (Phi) is 7.33. The van der Waals surface area contributed by atoms with E-state index >= 15 is 0 Å². The number of carbonyl (C=O) groups is 1. The summed E-state index contributed by atoms with van der Waals surface area (Å²) in [7, 11) is 0. The normalized spacial score (nSPS) is 11.1. The summed E-state index contributed by atoms with van der Waals surface area (Å²) in [5.41, 5.74) is 2.97. The van der Waals surface area contributed by atoms with Gasteiger partial charge in [0, 0.05) is 5.69 Å². The molecule has 174 valence electrons. The maximum absolute atomic E-state index is 13.4. The third-order valence-electron chi connectivity index (χ3n) is 5.34. The number of ether oxygens (including phenoxy) is 1. The number of nitrogens with zero attached hydrogens (tertiary/aromatic N) is 2. The zero-order valence-corrected chi connectivity index (χ0v) is 20.3. The molecule has 0 fully saturated rings. The highest BCUT2D eigenvalue weighted by molar-refractivity contribution is 7.99. The van der Waals surface area contributed by atoms with Crippen molar-refractivity contribution in [2.75, 3.05) is 17.7 Å². The zero-order valence-electron chi connectivity index (χ0n) is 19.4. The maximum atomic E-state index is 13.4. The molecule has 6 nitrogen and oxygen atoms in total. The number of amides is 1. The van der Waals surface area contributed by atoms with E-state index in [2.05, 4.69) is 19.2 Å². The predicted octanol–water partition coefficient (Wildman–Crippen LogP) is 5.64.